The Morgan fingerprint density at radius 3 is 2.68 bits per heavy atom. The van der Waals surface area contributed by atoms with E-state index in [-0.39, 0.29) is 5.78 Å². The zero-order chi connectivity index (χ0) is 20.3. The second-order valence-corrected chi connectivity index (χ2v) is 7.02. The fraction of sp³-hybridized carbons (Fsp3) is 0.455. The van der Waals surface area contributed by atoms with Gasteiger partial charge in [-0.3, -0.25) is 4.79 Å². The predicted molar refractivity (Wildman–Crippen MR) is 105 cm³/mol. The normalized spacial score (nSPS) is 19.1. The third-order valence-corrected chi connectivity index (χ3v) is 5.16. The van der Waals surface area contributed by atoms with Crippen LogP contribution >= 0.6 is 0 Å². The van der Waals surface area contributed by atoms with Gasteiger partial charge in [0.15, 0.2) is 17.3 Å². The molecule has 0 aromatic heterocycles. The summed E-state index contributed by atoms with van der Waals surface area (Å²) in [6.07, 6.45) is 2.97. The van der Waals surface area contributed by atoms with E-state index in [0.29, 0.717) is 35.7 Å². The van der Waals surface area contributed by atoms with E-state index in [1.54, 1.807) is 7.11 Å². The van der Waals surface area contributed by atoms with E-state index in [1.807, 2.05) is 32.0 Å². The van der Waals surface area contributed by atoms with Crippen LogP contribution in [0.5, 0.6) is 11.5 Å². The molecular formula is C22H27NO5. The lowest BCUT2D eigenvalue weighted by Crippen LogP contribution is -2.34. The number of carbonyl (C=O) groups is 2. The number of hydrogen-bond acceptors (Lipinski definition) is 6. The highest BCUT2D eigenvalue weighted by Crippen LogP contribution is 2.44. The van der Waals surface area contributed by atoms with Crippen LogP contribution in [0.1, 0.15) is 51.0 Å². The number of benzene rings is 1. The van der Waals surface area contributed by atoms with E-state index in [0.717, 1.165) is 36.2 Å². The molecule has 0 radical (unpaired) electrons. The van der Waals surface area contributed by atoms with Crippen molar-refractivity contribution in [1.82, 2.24) is 5.32 Å². The molecule has 0 saturated carbocycles. The molecule has 0 fully saturated rings. The Morgan fingerprint density at radius 2 is 2.00 bits per heavy atom. The first-order valence-corrected chi connectivity index (χ1v) is 9.64. The summed E-state index contributed by atoms with van der Waals surface area (Å²) in [5.74, 6) is 0.372. The Morgan fingerprint density at radius 1 is 1.21 bits per heavy atom. The molecule has 1 N–H and O–H groups in total. The van der Waals surface area contributed by atoms with Crippen molar-refractivity contribution in [2.24, 2.45) is 0 Å². The molecule has 0 spiro atoms. The lowest BCUT2D eigenvalue weighted by molar-refractivity contribution is -0.136. The van der Waals surface area contributed by atoms with Crippen LogP contribution in [0.3, 0.4) is 0 Å². The van der Waals surface area contributed by atoms with Gasteiger partial charge in [0, 0.05) is 29.3 Å². The molecule has 1 aromatic carbocycles. The summed E-state index contributed by atoms with van der Waals surface area (Å²) in [6, 6.07) is 5.58. The first-order valence-electron chi connectivity index (χ1n) is 9.64. The average molecular weight is 385 g/mol. The van der Waals surface area contributed by atoms with Gasteiger partial charge in [-0.25, -0.2) is 4.79 Å². The van der Waals surface area contributed by atoms with Crippen molar-refractivity contribution in [2.75, 3.05) is 20.8 Å². The van der Waals surface area contributed by atoms with Gasteiger partial charge < -0.3 is 19.5 Å². The largest absolute Gasteiger partial charge is 0.493 e. The van der Waals surface area contributed by atoms with Crippen LogP contribution < -0.4 is 14.8 Å². The van der Waals surface area contributed by atoms with Gasteiger partial charge in [0.25, 0.3) is 0 Å². The molecule has 1 atom stereocenters. The van der Waals surface area contributed by atoms with Gasteiger partial charge in [-0.05, 0) is 43.9 Å². The highest BCUT2D eigenvalue weighted by atomic mass is 16.5. The predicted octanol–water partition coefficient (Wildman–Crippen LogP) is 3.62. The van der Waals surface area contributed by atoms with Crippen molar-refractivity contribution in [2.45, 2.75) is 45.4 Å². The number of carbonyl (C=O) groups excluding carboxylic acids is 2. The monoisotopic (exact) mass is 385 g/mol. The number of ether oxygens (including phenoxy) is 3. The number of hydrogen-bond donors (Lipinski definition) is 1. The minimum absolute atomic E-state index is 0.0675. The van der Waals surface area contributed by atoms with Crippen molar-refractivity contribution in [3.05, 3.63) is 46.3 Å². The second kappa shape index (κ2) is 8.50. The number of allylic oxidation sites excluding steroid dienone is 3. The van der Waals surface area contributed by atoms with Crippen LogP contribution in [-0.2, 0) is 14.3 Å². The first-order chi connectivity index (χ1) is 13.5. The molecule has 28 heavy (non-hydrogen) atoms. The second-order valence-electron chi connectivity index (χ2n) is 7.02. The lowest BCUT2D eigenvalue weighted by Gasteiger charge is -2.34. The van der Waals surface area contributed by atoms with Crippen LogP contribution in [0, 0.1) is 0 Å². The number of methoxy groups -OCH3 is 2. The highest BCUT2D eigenvalue weighted by Gasteiger charge is 2.39. The van der Waals surface area contributed by atoms with Crippen molar-refractivity contribution in [1.29, 1.82) is 0 Å². The summed E-state index contributed by atoms with van der Waals surface area (Å²) >= 11 is 0. The molecule has 1 aliphatic heterocycles. The molecule has 150 valence electrons. The van der Waals surface area contributed by atoms with Gasteiger partial charge in [-0.2, -0.15) is 0 Å². The third kappa shape index (κ3) is 3.63. The number of rotatable bonds is 6. The number of esters is 1. The van der Waals surface area contributed by atoms with E-state index in [4.69, 9.17) is 14.2 Å². The molecular weight excluding hydrogens is 358 g/mol. The van der Waals surface area contributed by atoms with Gasteiger partial charge in [0.05, 0.1) is 26.4 Å². The average Bonchev–Trinajstić information content (AvgIpc) is 2.70. The molecule has 0 unspecified atom stereocenters. The molecule has 0 amide bonds. The molecule has 6 nitrogen and oxygen atoms in total. The summed E-state index contributed by atoms with van der Waals surface area (Å²) in [5.41, 5.74) is 3.54. The van der Waals surface area contributed by atoms with Crippen LogP contribution in [0.15, 0.2) is 40.7 Å². The minimum Gasteiger partial charge on any atom is -0.493 e. The summed E-state index contributed by atoms with van der Waals surface area (Å²) in [5, 5.41) is 3.26. The quantitative estimate of drug-likeness (QED) is 0.754. The van der Waals surface area contributed by atoms with Gasteiger partial charge in [-0.15, -0.1) is 0 Å². The summed E-state index contributed by atoms with van der Waals surface area (Å²) in [6.45, 7) is 4.47. The van der Waals surface area contributed by atoms with E-state index in [2.05, 4.69) is 5.32 Å². The zero-order valence-corrected chi connectivity index (χ0v) is 16.9. The number of Topliss-reactive ketones (excluding diaryl/α,β-unsaturated/α-hetero) is 1. The lowest BCUT2D eigenvalue weighted by atomic mass is 9.75. The smallest absolute Gasteiger partial charge is 0.336 e. The molecule has 1 heterocycles. The van der Waals surface area contributed by atoms with Crippen molar-refractivity contribution in [3.63, 3.8) is 0 Å². The van der Waals surface area contributed by atoms with Gasteiger partial charge in [-0.1, -0.05) is 13.0 Å². The SMILES string of the molecule is CCCOc1ccc([C@H]2C(C(=O)OC)=C(C)NC3=C2C(=O)CCC3)cc1OC. The number of ketones is 1. The molecule has 1 aliphatic carbocycles. The Labute approximate surface area is 165 Å². The maximum atomic E-state index is 12.8. The molecule has 6 heteroatoms. The molecule has 0 bridgehead atoms. The van der Waals surface area contributed by atoms with E-state index < -0.39 is 11.9 Å². The van der Waals surface area contributed by atoms with Crippen molar-refractivity contribution >= 4 is 11.8 Å². The van der Waals surface area contributed by atoms with Crippen molar-refractivity contribution in [3.8, 4) is 11.5 Å². The molecule has 3 rings (SSSR count). The fourth-order valence-electron chi connectivity index (χ4n) is 3.89. The van der Waals surface area contributed by atoms with Gasteiger partial charge in [0.2, 0.25) is 0 Å². The minimum atomic E-state index is -0.481. The van der Waals surface area contributed by atoms with Crippen LogP contribution in [0.25, 0.3) is 0 Å². The van der Waals surface area contributed by atoms with Crippen LogP contribution in [0.4, 0.5) is 0 Å². The topological polar surface area (TPSA) is 73.9 Å². The standard InChI is InChI=1S/C22H27NO5/c1-5-11-28-17-10-9-14(12-18(17)26-3)20-19(22(25)27-4)13(2)23-15-7-6-8-16(24)21(15)20/h9-10,12,20,23H,5-8,11H2,1-4H3/t20-/m0/s1. The number of nitrogens with one attached hydrogen (secondary N) is 1. The fourth-order valence-corrected chi connectivity index (χ4v) is 3.89. The summed E-state index contributed by atoms with van der Waals surface area (Å²) < 4.78 is 16.3. The van der Waals surface area contributed by atoms with E-state index >= 15 is 0 Å². The Bertz CT molecular complexity index is 852. The number of dihydropyridines is 1. The maximum Gasteiger partial charge on any atom is 0.336 e. The zero-order valence-electron chi connectivity index (χ0n) is 16.9. The Kier molecular flexibility index (Phi) is 6.07. The molecule has 2 aliphatic rings. The Balaban J connectivity index is 2.13. The summed E-state index contributed by atoms with van der Waals surface area (Å²) in [7, 11) is 2.94. The highest BCUT2D eigenvalue weighted by molar-refractivity contribution is 6.03. The first kappa shape index (κ1) is 20.0. The van der Waals surface area contributed by atoms with Gasteiger partial charge >= 0.3 is 5.97 Å². The summed E-state index contributed by atoms with van der Waals surface area (Å²) in [4.78, 5) is 25.4. The van der Waals surface area contributed by atoms with E-state index in [9.17, 15) is 9.59 Å². The van der Waals surface area contributed by atoms with Crippen molar-refractivity contribution < 1.29 is 23.8 Å². The van der Waals surface area contributed by atoms with Crippen LogP contribution in [-0.4, -0.2) is 32.6 Å². The van der Waals surface area contributed by atoms with Crippen LogP contribution in [0.2, 0.25) is 0 Å². The molecule has 0 saturated heterocycles. The Hall–Kier alpha value is -2.76. The van der Waals surface area contributed by atoms with Gasteiger partial charge in [0.1, 0.15) is 0 Å². The maximum absolute atomic E-state index is 12.8. The molecule has 1 aromatic rings. The third-order valence-electron chi connectivity index (χ3n) is 5.16. The van der Waals surface area contributed by atoms with E-state index in [1.165, 1.54) is 7.11 Å².